The number of aromatic nitrogens is 1. The van der Waals surface area contributed by atoms with Crippen LogP contribution in [0.5, 0.6) is 0 Å². The van der Waals surface area contributed by atoms with Gasteiger partial charge in [0.25, 0.3) is 5.91 Å². The normalized spacial score (nSPS) is 15.4. The van der Waals surface area contributed by atoms with E-state index >= 15 is 0 Å². The first kappa shape index (κ1) is 20.5. The van der Waals surface area contributed by atoms with Crippen LogP contribution >= 0.6 is 11.6 Å². The van der Waals surface area contributed by atoms with Gasteiger partial charge < -0.3 is 0 Å². The molecule has 1 amide bonds. The number of carbonyl (C=O) groups is 1. The molecule has 0 unspecified atom stereocenters. The number of alkyl halides is 3. The first-order valence-corrected chi connectivity index (χ1v) is 8.50. The number of pyridine rings is 1. The van der Waals surface area contributed by atoms with E-state index in [0.717, 1.165) is 19.2 Å². The highest BCUT2D eigenvalue weighted by Gasteiger charge is 2.48. The van der Waals surface area contributed by atoms with Crippen molar-refractivity contribution in [2.75, 3.05) is 7.11 Å². The third-order valence-corrected chi connectivity index (χ3v) is 4.93. The lowest BCUT2D eigenvalue weighted by atomic mass is 9.91. The van der Waals surface area contributed by atoms with E-state index in [1.807, 2.05) is 5.48 Å². The number of rotatable bonds is 5. The minimum absolute atomic E-state index is 0.00442. The molecule has 28 heavy (non-hydrogen) atoms. The van der Waals surface area contributed by atoms with Gasteiger partial charge >= 0.3 is 6.18 Å². The van der Waals surface area contributed by atoms with E-state index in [1.54, 1.807) is 0 Å². The fourth-order valence-electron chi connectivity index (χ4n) is 3.08. The zero-order chi connectivity index (χ0) is 20.7. The summed E-state index contributed by atoms with van der Waals surface area (Å²) in [7, 11) is 1.12. The molecule has 1 fully saturated rings. The SMILES string of the molecule is CONC(=O)c1c(F)ccc(CC2(c3ncc(C(F)(F)F)cc3Cl)CC2)c1F. The number of amides is 1. The number of nitrogens with zero attached hydrogens (tertiary/aromatic N) is 1. The second-order valence-electron chi connectivity index (χ2n) is 6.54. The Hall–Kier alpha value is -2.26. The highest BCUT2D eigenvalue weighted by Crippen LogP contribution is 2.52. The van der Waals surface area contributed by atoms with Gasteiger partial charge in [0.2, 0.25) is 0 Å². The third-order valence-electron chi connectivity index (χ3n) is 4.65. The van der Waals surface area contributed by atoms with Gasteiger partial charge in [-0.2, -0.15) is 13.2 Å². The number of hydroxylamine groups is 1. The lowest BCUT2D eigenvalue weighted by molar-refractivity contribution is -0.137. The lowest BCUT2D eigenvalue weighted by Crippen LogP contribution is -2.25. The van der Waals surface area contributed by atoms with E-state index in [-0.39, 0.29) is 22.7 Å². The maximum absolute atomic E-state index is 14.7. The van der Waals surface area contributed by atoms with Crippen LogP contribution in [0.15, 0.2) is 24.4 Å². The fourth-order valence-corrected chi connectivity index (χ4v) is 3.45. The summed E-state index contributed by atoms with van der Waals surface area (Å²) >= 11 is 6.02. The van der Waals surface area contributed by atoms with Crippen molar-refractivity contribution in [2.24, 2.45) is 0 Å². The largest absolute Gasteiger partial charge is 0.417 e. The Kier molecular flexibility index (Phi) is 5.33. The van der Waals surface area contributed by atoms with Gasteiger partial charge in [-0.15, -0.1) is 0 Å². The monoisotopic (exact) mass is 420 g/mol. The molecule has 1 aromatic heterocycles. The van der Waals surface area contributed by atoms with Crippen molar-refractivity contribution in [3.05, 3.63) is 63.4 Å². The smallest absolute Gasteiger partial charge is 0.277 e. The molecule has 1 aliphatic carbocycles. The molecule has 1 saturated carbocycles. The van der Waals surface area contributed by atoms with Crippen LogP contribution in [-0.2, 0) is 22.8 Å². The molecule has 0 radical (unpaired) electrons. The van der Waals surface area contributed by atoms with Gasteiger partial charge in [0, 0.05) is 11.6 Å². The average Bonchev–Trinajstić information content (AvgIpc) is 3.37. The minimum Gasteiger partial charge on any atom is -0.277 e. The quantitative estimate of drug-likeness (QED) is 0.568. The highest BCUT2D eigenvalue weighted by atomic mass is 35.5. The van der Waals surface area contributed by atoms with Crippen molar-refractivity contribution in [1.29, 1.82) is 0 Å². The van der Waals surface area contributed by atoms with Gasteiger partial charge in [0.05, 0.1) is 23.4 Å². The van der Waals surface area contributed by atoms with Crippen LogP contribution in [0.2, 0.25) is 5.02 Å². The van der Waals surface area contributed by atoms with E-state index < -0.39 is 40.3 Å². The second kappa shape index (κ2) is 7.29. The molecule has 1 aromatic carbocycles. The van der Waals surface area contributed by atoms with Gasteiger partial charge in [-0.25, -0.2) is 14.3 Å². The summed E-state index contributed by atoms with van der Waals surface area (Å²) in [6.45, 7) is 0. The van der Waals surface area contributed by atoms with E-state index in [9.17, 15) is 26.7 Å². The van der Waals surface area contributed by atoms with Gasteiger partial charge in [-0.1, -0.05) is 17.7 Å². The van der Waals surface area contributed by atoms with E-state index in [0.29, 0.717) is 19.0 Å². The fraction of sp³-hybridized carbons (Fsp3) is 0.333. The number of halogens is 6. The van der Waals surface area contributed by atoms with Gasteiger partial charge in [-0.05, 0) is 37.0 Å². The molecule has 0 atom stereocenters. The van der Waals surface area contributed by atoms with Gasteiger partial charge in [0.15, 0.2) is 0 Å². The van der Waals surface area contributed by atoms with E-state index in [2.05, 4.69) is 9.82 Å². The number of nitrogens with one attached hydrogen (secondary N) is 1. The van der Waals surface area contributed by atoms with Crippen molar-refractivity contribution in [3.8, 4) is 0 Å². The van der Waals surface area contributed by atoms with Crippen LogP contribution in [0, 0.1) is 11.6 Å². The third kappa shape index (κ3) is 3.81. The van der Waals surface area contributed by atoms with Crippen LogP contribution in [0.4, 0.5) is 22.0 Å². The Labute approximate surface area is 161 Å². The van der Waals surface area contributed by atoms with Gasteiger partial charge in [0.1, 0.15) is 17.2 Å². The molecule has 1 N–H and O–H groups in total. The minimum atomic E-state index is -4.58. The Balaban J connectivity index is 1.94. The number of benzene rings is 1. The maximum atomic E-state index is 14.7. The van der Waals surface area contributed by atoms with Gasteiger partial charge in [-0.3, -0.25) is 14.6 Å². The summed E-state index contributed by atoms with van der Waals surface area (Å²) in [4.78, 5) is 20.1. The molecule has 4 nitrogen and oxygen atoms in total. The maximum Gasteiger partial charge on any atom is 0.417 e. The van der Waals surface area contributed by atoms with Crippen LogP contribution in [0.25, 0.3) is 0 Å². The van der Waals surface area contributed by atoms with Crippen LogP contribution in [-0.4, -0.2) is 18.0 Å². The van der Waals surface area contributed by atoms with Crippen LogP contribution in [0.1, 0.15) is 40.0 Å². The highest BCUT2D eigenvalue weighted by molar-refractivity contribution is 6.31. The summed E-state index contributed by atoms with van der Waals surface area (Å²) in [6, 6.07) is 2.91. The molecule has 2 aromatic rings. The molecule has 3 rings (SSSR count). The Morgan fingerprint density at radius 2 is 2.00 bits per heavy atom. The number of hydrogen-bond donors (Lipinski definition) is 1. The molecule has 1 heterocycles. The van der Waals surface area contributed by atoms with Crippen LogP contribution in [0.3, 0.4) is 0 Å². The Morgan fingerprint density at radius 1 is 1.32 bits per heavy atom. The molecule has 150 valence electrons. The predicted molar refractivity (Wildman–Crippen MR) is 89.7 cm³/mol. The first-order chi connectivity index (χ1) is 13.1. The van der Waals surface area contributed by atoms with Crippen molar-refractivity contribution in [2.45, 2.75) is 30.9 Å². The average molecular weight is 421 g/mol. The summed E-state index contributed by atoms with van der Waals surface area (Å²) in [5, 5.41) is -0.174. The molecular formula is C18H14ClF5N2O2. The van der Waals surface area contributed by atoms with Crippen molar-refractivity contribution >= 4 is 17.5 Å². The lowest BCUT2D eigenvalue weighted by Gasteiger charge is -2.19. The van der Waals surface area contributed by atoms with Crippen molar-refractivity contribution in [1.82, 2.24) is 10.5 Å². The standard InChI is InChI=1S/C18H14ClF5N2O2/c1-28-26-16(27)13-12(20)3-2-9(14(13)21)7-17(4-5-17)15-11(19)6-10(8-25-15)18(22,23)24/h2-3,6,8H,4-5,7H2,1H3,(H,26,27). The van der Waals surface area contributed by atoms with E-state index in [4.69, 9.17) is 11.6 Å². The topological polar surface area (TPSA) is 51.2 Å². The summed E-state index contributed by atoms with van der Waals surface area (Å²) in [6.07, 6.45) is -2.87. The molecule has 0 bridgehead atoms. The van der Waals surface area contributed by atoms with Crippen molar-refractivity contribution < 1.29 is 31.6 Å². The molecular weight excluding hydrogens is 407 g/mol. The number of carbonyl (C=O) groups excluding carboxylic acids is 1. The molecule has 10 heteroatoms. The Morgan fingerprint density at radius 3 is 2.54 bits per heavy atom. The molecule has 0 aliphatic heterocycles. The zero-order valence-electron chi connectivity index (χ0n) is 14.5. The predicted octanol–water partition coefficient (Wildman–Crippen LogP) is 4.60. The van der Waals surface area contributed by atoms with Crippen molar-refractivity contribution in [3.63, 3.8) is 0 Å². The Bertz CT molecular complexity index is 929. The zero-order valence-corrected chi connectivity index (χ0v) is 15.2. The molecule has 0 spiro atoms. The summed E-state index contributed by atoms with van der Waals surface area (Å²) < 4.78 is 67.0. The molecule has 0 saturated heterocycles. The molecule has 1 aliphatic rings. The van der Waals surface area contributed by atoms with E-state index in [1.165, 1.54) is 6.07 Å². The number of hydrogen-bond acceptors (Lipinski definition) is 3. The van der Waals surface area contributed by atoms with Crippen LogP contribution < -0.4 is 5.48 Å². The first-order valence-electron chi connectivity index (χ1n) is 8.12. The summed E-state index contributed by atoms with van der Waals surface area (Å²) in [5.41, 5.74) is -0.462. The second-order valence-corrected chi connectivity index (χ2v) is 6.95. The summed E-state index contributed by atoms with van der Waals surface area (Å²) in [5.74, 6) is -3.22.